The van der Waals surface area contributed by atoms with Gasteiger partial charge in [-0.1, -0.05) is 31.7 Å². The summed E-state index contributed by atoms with van der Waals surface area (Å²) in [6.45, 7) is 9.93. The second kappa shape index (κ2) is 10.9. The number of likely N-dealkylation sites (tertiary alicyclic amines) is 1. The predicted octanol–water partition coefficient (Wildman–Crippen LogP) is 4.95. The summed E-state index contributed by atoms with van der Waals surface area (Å²) in [5.74, 6) is 0.830. The number of hydrogen-bond acceptors (Lipinski definition) is 4. The van der Waals surface area contributed by atoms with Crippen LogP contribution in [-0.4, -0.2) is 45.9 Å². The van der Waals surface area contributed by atoms with E-state index in [0.717, 1.165) is 58.8 Å². The number of hydrogen-bond donors (Lipinski definition) is 1. The summed E-state index contributed by atoms with van der Waals surface area (Å²) in [7, 11) is 0. The highest BCUT2D eigenvalue weighted by Crippen LogP contribution is 2.35. The summed E-state index contributed by atoms with van der Waals surface area (Å²) in [5.41, 5.74) is 2.93. The molecule has 0 spiro atoms. The molecule has 0 bridgehead atoms. The molecule has 1 amide bonds. The van der Waals surface area contributed by atoms with Crippen molar-refractivity contribution in [3.63, 3.8) is 0 Å². The molecule has 2 aromatic rings. The molecule has 0 aliphatic carbocycles. The van der Waals surface area contributed by atoms with Gasteiger partial charge in [0.2, 0.25) is 0 Å². The highest BCUT2D eigenvalue weighted by atomic mass is 35.5. The molecule has 0 atom stereocenters. The number of aryl methyl sites for hydroxylation is 1. The molecular weight excluding hydrogens is 439 g/mol. The number of rotatable bonds is 6. The van der Waals surface area contributed by atoms with Crippen molar-refractivity contribution in [1.82, 2.24) is 19.6 Å². The van der Waals surface area contributed by atoms with Crippen molar-refractivity contribution in [2.45, 2.75) is 57.5 Å². The van der Waals surface area contributed by atoms with E-state index in [4.69, 9.17) is 0 Å². The molecule has 0 saturated carbocycles. The Morgan fingerprint density at radius 3 is 2.70 bits per heavy atom. The first-order valence-electron chi connectivity index (χ1n) is 10.4. The molecule has 0 unspecified atom stereocenters. The number of carbonyl (C=O) groups excluding carboxylic acids is 1. The average Bonchev–Trinajstić information content (AvgIpc) is 3.00. The average molecular weight is 471 g/mol. The molecule has 2 aliphatic rings. The number of piperidine rings is 1. The highest BCUT2D eigenvalue weighted by Gasteiger charge is 2.25. The lowest BCUT2D eigenvalue weighted by Gasteiger charge is -2.32. The number of thioether (sulfide) groups is 1. The van der Waals surface area contributed by atoms with Gasteiger partial charge in [0.05, 0.1) is 21.3 Å². The standard InChI is InChI=1S/C22H30N4OS.2ClH/c1-15(2)6-5-11-25-12-9-17(10-13-25)24-22(27)19-14-18-16(3)23-20-7-4-8-21(28-19)26(18)20;;/h4,7-8,14-15,17H,5-6,9-13H2,1-3H3,(H,24,27);2*1H. The lowest BCUT2D eigenvalue weighted by atomic mass is 10.0. The van der Waals surface area contributed by atoms with Crippen molar-refractivity contribution in [2.24, 2.45) is 5.92 Å². The zero-order valence-corrected chi connectivity index (χ0v) is 20.3. The molecule has 4 heterocycles. The van der Waals surface area contributed by atoms with Gasteiger partial charge in [-0.15, -0.1) is 24.8 Å². The van der Waals surface area contributed by atoms with Crippen LogP contribution in [0.1, 0.15) is 50.9 Å². The van der Waals surface area contributed by atoms with Crippen LogP contribution >= 0.6 is 36.6 Å². The summed E-state index contributed by atoms with van der Waals surface area (Å²) in [6.07, 6.45) is 6.64. The van der Waals surface area contributed by atoms with Gasteiger partial charge < -0.3 is 10.2 Å². The Hall–Kier alpha value is -1.21. The maximum atomic E-state index is 12.9. The fourth-order valence-corrected chi connectivity index (χ4v) is 5.08. The first kappa shape index (κ1) is 25.1. The van der Waals surface area contributed by atoms with Crippen LogP contribution in [0.3, 0.4) is 0 Å². The first-order valence-corrected chi connectivity index (χ1v) is 11.2. The smallest absolute Gasteiger partial charge is 0.258 e. The first-order chi connectivity index (χ1) is 13.5. The van der Waals surface area contributed by atoms with E-state index in [-0.39, 0.29) is 36.8 Å². The quantitative estimate of drug-likeness (QED) is 0.648. The Bertz CT molecular complexity index is 904. The van der Waals surface area contributed by atoms with Gasteiger partial charge in [-0.2, -0.15) is 0 Å². The molecule has 2 aliphatic heterocycles. The number of halogens is 2. The van der Waals surface area contributed by atoms with Crippen LogP contribution in [0.2, 0.25) is 0 Å². The number of nitrogens with one attached hydrogen (secondary N) is 1. The molecule has 30 heavy (non-hydrogen) atoms. The molecule has 8 heteroatoms. The van der Waals surface area contributed by atoms with Crippen molar-refractivity contribution in [2.75, 3.05) is 19.6 Å². The van der Waals surface area contributed by atoms with Crippen molar-refractivity contribution in [3.8, 4) is 0 Å². The Balaban J connectivity index is 0.00000160. The Morgan fingerprint density at radius 2 is 2.00 bits per heavy atom. The normalized spacial score (nSPS) is 16.7. The topological polar surface area (TPSA) is 49.6 Å². The van der Waals surface area contributed by atoms with E-state index in [1.807, 2.05) is 25.1 Å². The van der Waals surface area contributed by atoms with E-state index in [9.17, 15) is 4.79 Å². The molecule has 0 radical (unpaired) electrons. The molecule has 1 saturated heterocycles. The third kappa shape index (κ3) is 5.52. The molecular formula is C22H32Cl2N4OS. The zero-order chi connectivity index (χ0) is 19.7. The summed E-state index contributed by atoms with van der Waals surface area (Å²) in [5, 5.41) is 4.33. The number of amides is 1. The van der Waals surface area contributed by atoms with Crippen LogP contribution in [0.25, 0.3) is 11.7 Å². The Morgan fingerprint density at radius 1 is 1.27 bits per heavy atom. The number of pyridine rings is 1. The van der Waals surface area contributed by atoms with Crippen LogP contribution in [0.5, 0.6) is 0 Å². The van der Waals surface area contributed by atoms with E-state index in [2.05, 4.69) is 39.5 Å². The Kier molecular flexibility index (Phi) is 9.10. The van der Waals surface area contributed by atoms with E-state index in [1.165, 1.54) is 31.1 Å². The van der Waals surface area contributed by atoms with Gasteiger partial charge in [-0.25, -0.2) is 4.98 Å². The van der Waals surface area contributed by atoms with E-state index in [1.54, 1.807) is 0 Å². The van der Waals surface area contributed by atoms with E-state index >= 15 is 0 Å². The monoisotopic (exact) mass is 470 g/mol. The molecule has 5 nitrogen and oxygen atoms in total. The lowest BCUT2D eigenvalue weighted by Crippen LogP contribution is -2.45. The molecule has 0 aromatic carbocycles. The van der Waals surface area contributed by atoms with Crippen LogP contribution in [0, 0.1) is 12.8 Å². The fraction of sp³-hybridized carbons (Fsp3) is 0.545. The van der Waals surface area contributed by atoms with Crippen molar-refractivity contribution < 1.29 is 4.79 Å². The third-order valence-electron chi connectivity index (χ3n) is 5.71. The summed E-state index contributed by atoms with van der Waals surface area (Å²) < 4.78 is 2.13. The second-order valence-corrected chi connectivity index (χ2v) is 9.44. The van der Waals surface area contributed by atoms with Gasteiger partial charge in [0, 0.05) is 19.1 Å². The Labute approximate surface area is 195 Å². The summed E-state index contributed by atoms with van der Waals surface area (Å²) in [4.78, 5) is 20.8. The molecule has 166 valence electrons. The number of nitrogens with zero attached hydrogens (tertiary/aromatic N) is 3. The molecule has 1 fully saturated rings. The van der Waals surface area contributed by atoms with Crippen molar-refractivity contribution in [3.05, 3.63) is 34.5 Å². The zero-order valence-electron chi connectivity index (χ0n) is 17.9. The van der Waals surface area contributed by atoms with Gasteiger partial charge in [0.1, 0.15) is 5.65 Å². The van der Waals surface area contributed by atoms with Gasteiger partial charge in [0.25, 0.3) is 5.91 Å². The maximum Gasteiger partial charge on any atom is 0.258 e. The number of imidazole rings is 1. The largest absolute Gasteiger partial charge is 0.349 e. The minimum atomic E-state index is 0. The summed E-state index contributed by atoms with van der Waals surface area (Å²) in [6, 6.07) is 6.34. The van der Waals surface area contributed by atoms with Crippen LogP contribution in [0.4, 0.5) is 0 Å². The van der Waals surface area contributed by atoms with Crippen LogP contribution in [0.15, 0.2) is 28.1 Å². The molecule has 4 rings (SSSR count). The SMILES string of the molecule is Cc1nc2cccc3n2c1C=C(C(=O)NC1CCN(CCCC(C)C)CC1)S3.Cl.Cl. The van der Waals surface area contributed by atoms with Crippen molar-refractivity contribution >= 4 is 54.2 Å². The van der Waals surface area contributed by atoms with E-state index < -0.39 is 0 Å². The highest BCUT2D eigenvalue weighted by molar-refractivity contribution is 8.04. The third-order valence-corrected chi connectivity index (χ3v) is 6.76. The van der Waals surface area contributed by atoms with Gasteiger partial charge in [0.15, 0.2) is 0 Å². The van der Waals surface area contributed by atoms with Gasteiger partial charge in [-0.05, 0) is 63.3 Å². The van der Waals surface area contributed by atoms with Crippen LogP contribution in [-0.2, 0) is 4.79 Å². The maximum absolute atomic E-state index is 12.9. The number of aromatic nitrogens is 2. The van der Waals surface area contributed by atoms with Crippen molar-refractivity contribution in [1.29, 1.82) is 0 Å². The number of carbonyl (C=O) groups is 1. The minimum Gasteiger partial charge on any atom is -0.349 e. The summed E-state index contributed by atoms with van der Waals surface area (Å²) >= 11 is 1.54. The van der Waals surface area contributed by atoms with Gasteiger partial charge >= 0.3 is 0 Å². The van der Waals surface area contributed by atoms with E-state index in [0.29, 0.717) is 0 Å². The molecule has 1 N–H and O–H groups in total. The predicted molar refractivity (Wildman–Crippen MR) is 130 cm³/mol. The van der Waals surface area contributed by atoms with Gasteiger partial charge in [-0.3, -0.25) is 9.20 Å². The fourth-order valence-electron chi connectivity index (χ4n) is 4.11. The second-order valence-electron chi connectivity index (χ2n) is 8.38. The van der Waals surface area contributed by atoms with Crippen LogP contribution < -0.4 is 5.32 Å². The molecule has 2 aromatic heterocycles. The lowest BCUT2D eigenvalue weighted by molar-refractivity contribution is -0.117. The minimum absolute atomic E-state index is 0.